The number of aryl methyl sites for hydroxylation is 1. The van der Waals surface area contributed by atoms with Crippen molar-refractivity contribution < 1.29 is 5.11 Å². The maximum absolute atomic E-state index is 9.64. The Kier molecular flexibility index (Phi) is 3.35. The molecule has 0 saturated carbocycles. The van der Waals surface area contributed by atoms with E-state index >= 15 is 0 Å². The fourth-order valence-electron chi connectivity index (χ4n) is 3.18. The first-order chi connectivity index (χ1) is 8.76. The standard InChI is InChI=1S/C13H22N4O/c1-2-16-6-3-4-10(16)8-12-14-13-9-11(18)5-7-17(13)15-12/h10-11,18H,2-9H2,1H3. The van der Waals surface area contributed by atoms with Gasteiger partial charge in [0.2, 0.25) is 0 Å². The third-order valence-electron chi connectivity index (χ3n) is 4.21. The van der Waals surface area contributed by atoms with E-state index in [1.54, 1.807) is 0 Å². The lowest BCUT2D eigenvalue weighted by molar-refractivity contribution is 0.138. The zero-order valence-electron chi connectivity index (χ0n) is 11.0. The summed E-state index contributed by atoms with van der Waals surface area (Å²) < 4.78 is 1.98. The first-order valence-corrected chi connectivity index (χ1v) is 7.11. The van der Waals surface area contributed by atoms with Crippen LogP contribution in [0, 0.1) is 0 Å². The van der Waals surface area contributed by atoms with Gasteiger partial charge in [0.15, 0.2) is 5.82 Å². The minimum absolute atomic E-state index is 0.229. The van der Waals surface area contributed by atoms with E-state index in [1.165, 1.54) is 19.4 Å². The minimum Gasteiger partial charge on any atom is -0.393 e. The zero-order chi connectivity index (χ0) is 12.5. The van der Waals surface area contributed by atoms with E-state index in [4.69, 9.17) is 0 Å². The Hall–Kier alpha value is -0.940. The predicted molar refractivity (Wildman–Crippen MR) is 68.3 cm³/mol. The van der Waals surface area contributed by atoms with Crippen molar-refractivity contribution in [3.05, 3.63) is 11.6 Å². The summed E-state index contributed by atoms with van der Waals surface area (Å²) in [4.78, 5) is 7.12. The van der Waals surface area contributed by atoms with Crippen molar-refractivity contribution in [3.63, 3.8) is 0 Å². The molecule has 0 radical (unpaired) electrons. The van der Waals surface area contributed by atoms with Gasteiger partial charge in [-0.2, -0.15) is 5.10 Å². The second kappa shape index (κ2) is 4.97. The Morgan fingerprint density at radius 1 is 1.33 bits per heavy atom. The van der Waals surface area contributed by atoms with E-state index < -0.39 is 0 Å². The molecular formula is C13H22N4O. The van der Waals surface area contributed by atoms with Crippen molar-refractivity contribution in [1.82, 2.24) is 19.7 Å². The van der Waals surface area contributed by atoms with E-state index in [-0.39, 0.29) is 6.10 Å². The van der Waals surface area contributed by atoms with Crippen molar-refractivity contribution in [1.29, 1.82) is 0 Å². The summed E-state index contributed by atoms with van der Waals surface area (Å²) in [6, 6.07) is 0.615. The Morgan fingerprint density at radius 2 is 2.22 bits per heavy atom. The van der Waals surface area contributed by atoms with Crippen molar-refractivity contribution in [2.45, 2.75) is 57.7 Å². The molecule has 2 unspecified atom stereocenters. The van der Waals surface area contributed by atoms with Crippen molar-refractivity contribution in [3.8, 4) is 0 Å². The Morgan fingerprint density at radius 3 is 3.06 bits per heavy atom. The Bertz CT molecular complexity index is 417. The van der Waals surface area contributed by atoms with Gasteiger partial charge < -0.3 is 10.0 Å². The summed E-state index contributed by atoms with van der Waals surface area (Å²) in [6.07, 6.45) is 4.76. The highest BCUT2D eigenvalue weighted by molar-refractivity contribution is 5.00. The van der Waals surface area contributed by atoms with Crippen LogP contribution in [0.5, 0.6) is 0 Å². The molecule has 3 rings (SSSR count). The van der Waals surface area contributed by atoms with E-state index in [1.807, 2.05) is 4.68 Å². The molecule has 2 atom stereocenters. The molecule has 0 bridgehead atoms. The van der Waals surface area contributed by atoms with Gasteiger partial charge in [0, 0.05) is 25.4 Å². The number of fused-ring (bicyclic) bond motifs is 1. The van der Waals surface area contributed by atoms with Crippen LogP contribution in [0.2, 0.25) is 0 Å². The monoisotopic (exact) mass is 250 g/mol. The zero-order valence-corrected chi connectivity index (χ0v) is 11.0. The molecule has 0 aliphatic carbocycles. The highest BCUT2D eigenvalue weighted by Crippen LogP contribution is 2.20. The van der Waals surface area contributed by atoms with E-state index in [0.29, 0.717) is 12.5 Å². The lowest BCUT2D eigenvalue weighted by atomic mass is 10.1. The van der Waals surface area contributed by atoms with Gasteiger partial charge in [-0.1, -0.05) is 6.92 Å². The fraction of sp³-hybridized carbons (Fsp3) is 0.846. The van der Waals surface area contributed by atoms with E-state index in [9.17, 15) is 5.11 Å². The number of likely N-dealkylation sites (N-methyl/N-ethyl adjacent to an activating group) is 1. The van der Waals surface area contributed by atoms with Crippen LogP contribution in [0.15, 0.2) is 0 Å². The number of likely N-dealkylation sites (tertiary alicyclic amines) is 1. The average molecular weight is 250 g/mol. The van der Waals surface area contributed by atoms with Crippen LogP contribution < -0.4 is 0 Å². The van der Waals surface area contributed by atoms with Crippen LogP contribution in [-0.2, 0) is 19.4 Å². The minimum atomic E-state index is -0.229. The molecule has 5 heteroatoms. The second-order valence-electron chi connectivity index (χ2n) is 5.44. The molecule has 0 aromatic carbocycles. The van der Waals surface area contributed by atoms with Crippen LogP contribution in [0.1, 0.15) is 37.8 Å². The molecule has 1 N–H and O–H groups in total. The van der Waals surface area contributed by atoms with Crippen LogP contribution in [0.25, 0.3) is 0 Å². The largest absolute Gasteiger partial charge is 0.393 e. The molecule has 1 aromatic heterocycles. The average Bonchev–Trinajstić information content (AvgIpc) is 2.94. The first kappa shape index (κ1) is 12.1. The number of aromatic nitrogens is 3. The van der Waals surface area contributed by atoms with Crippen LogP contribution in [0.4, 0.5) is 0 Å². The van der Waals surface area contributed by atoms with Crippen molar-refractivity contribution in [2.75, 3.05) is 13.1 Å². The fourth-order valence-corrected chi connectivity index (χ4v) is 3.18. The quantitative estimate of drug-likeness (QED) is 0.854. The SMILES string of the molecule is CCN1CCCC1Cc1nc2n(n1)CCC(O)C2. The number of rotatable bonds is 3. The summed E-state index contributed by atoms with van der Waals surface area (Å²) in [5.74, 6) is 1.93. The van der Waals surface area contributed by atoms with Crippen LogP contribution >= 0.6 is 0 Å². The molecule has 1 saturated heterocycles. The highest BCUT2D eigenvalue weighted by atomic mass is 16.3. The normalized spacial score (nSPS) is 28.6. The number of aliphatic hydroxyl groups is 1. The molecule has 2 aliphatic heterocycles. The summed E-state index contributed by atoms with van der Waals surface area (Å²) in [6.45, 7) is 5.37. The molecule has 3 heterocycles. The van der Waals surface area contributed by atoms with Gasteiger partial charge in [0.05, 0.1) is 6.10 Å². The highest BCUT2D eigenvalue weighted by Gasteiger charge is 2.26. The van der Waals surface area contributed by atoms with Gasteiger partial charge in [-0.15, -0.1) is 0 Å². The summed E-state index contributed by atoms with van der Waals surface area (Å²) in [7, 11) is 0. The summed E-state index contributed by atoms with van der Waals surface area (Å²) >= 11 is 0. The predicted octanol–water partition coefficient (Wildman–Crippen LogP) is 0.612. The van der Waals surface area contributed by atoms with E-state index in [0.717, 1.165) is 37.6 Å². The van der Waals surface area contributed by atoms with Crippen LogP contribution in [-0.4, -0.2) is 50.0 Å². The molecule has 2 aliphatic rings. The number of aliphatic hydroxyl groups excluding tert-OH is 1. The molecule has 1 aromatic rings. The molecule has 1 fully saturated rings. The van der Waals surface area contributed by atoms with Gasteiger partial charge in [-0.05, 0) is 32.4 Å². The summed E-state index contributed by atoms with van der Waals surface area (Å²) in [5, 5.41) is 14.2. The molecule has 100 valence electrons. The third kappa shape index (κ3) is 2.29. The molecule has 5 nitrogen and oxygen atoms in total. The van der Waals surface area contributed by atoms with Gasteiger partial charge in [0.1, 0.15) is 5.82 Å². The molecule has 18 heavy (non-hydrogen) atoms. The topological polar surface area (TPSA) is 54.2 Å². The van der Waals surface area contributed by atoms with Gasteiger partial charge in [0.25, 0.3) is 0 Å². The second-order valence-corrected chi connectivity index (χ2v) is 5.44. The molecular weight excluding hydrogens is 228 g/mol. The van der Waals surface area contributed by atoms with Gasteiger partial charge in [-0.25, -0.2) is 9.67 Å². The lowest BCUT2D eigenvalue weighted by Crippen LogP contribution is -2.31. The smallest absolute Gasteiger partial charge is 0.152 e. The number of hydrogen-bond donors (Lipinski definition) is 1. The van der Waals surface area contributed by atoms with Gasteiger partial charge >= 0.3 is 0 Å². The molecule has 0 spiro atoms. The maximum atomic E-state index is 9.64. The number of nitrogens with zero attached hydrogens (tertiary/aromatic N) is 4. The molecule has 0 amide bonds. The lowest BCUT2D eigenvalue weighted by Gasteiger charge is -2.21. The van der Waals surface area contributed by atoms with Crippen molar-refractivity contribution in [2.24, 2.45) is 0 Å². The van der Waals surface area contributed by atoms with E-state index in [2.05, 4.69) is 21.9 Å². The van der Waals surface area contributed by atoms with Crippen molar-refractivity contribution >= 4 is 0 Å². The third-order valence-corrected chi connectivity index (χ3v) is 4.21. The number of hydrogen-bond acceptors (Lipinski definition) is 4. The maximum Gasteiger partial charge on any atom is 0.152 e. The Balaban J connectivity index is 1.70. The first-order valence-electron chi connectivity index (χ1n) is 7.11. The van der Waals surface area contributed by atoms with Gasteiger partial charge in [-0.3, -0.25) is 0 Å². The summed E-state index contributed by atoms with van der Waals surface area (Å²) in [5.41, 5.74) is 0. The Labute approximate surface area is 108 Å². The van der Waals surface area contributed by atoms with Crippen LogP contribution in [0.3, 0.4) is 0 Å².